The molecular formula is C12H16N6. The lowest BCUT2D eigenvalue weighted by atomic mass is 10.3. The lowest BCUT2D eigenvalue weighted by Gasteiger charge is -2.08. The zero-order chi connectivity index (χ0) is 12.4. The third-order valence-corrected chi connectivity index (χ3v) is 2.88. The van der Waals surface area contributed by atoms with E-state index in [1.165, 1.54) is 19.2 Å². The van der Waals surface area contributed by atoms with Gasteiger partial charge in [-0.3, -0.25) is 0 Å². The molecule has 0 aliphatic heterocycles. The van der Waals surface area contributed by atoms with Crippen LogP contribution in [0, 0.1) is 0 Å². The lowest BCUT2D eigenvalue weighted by Crippen LogP contribution is -2.08. The van der Waals surface area contributed by atoms with Crippen LogP contribution < -0.4 is 5.32 Å². The highest BCUT2D eigenvalue weighted by atomic mass is 15.3. The Hall–Kier alpha value is -1.98. The minimum absolute atomic E-state index is 0.524. The van der Waals surface area contributed by atoms with Crippen LogP contribution in [0.3, 0.4) is 0 Å². The topological polar surface area (TPSA) is 68.5 Å². The van der Waals surface area contributed by atoms with Crippen LogP contribution in [-0.2, 0) is 0 Å². The van der Waals surface area contributed by atoms with Gasteiger partial charge in [0.1, 0.15) is 24.3 Å². The summed E-state index contributed by atoms with van der Waals surface area (Å²) in [4.78, 5) is 13.1. The van der Waals surface area contributed by atoms with Gasteiger partial charge < -0.3 is 5.32 Å². The maximum atomic E-state index is 4.56. The normalized spacial score (nSPS) is 14.7. The summed E-state index contributed by atoms with van der Waals surface area (Å²) in [5.74, 6) is 3.10. The van der Waals surface area contributed by atoms with Crippen molar-refractivity contribution in [2.45, 2.75) is 32.1 Å². The SMILES string of the molecule is CCCNc1cc(-n2cncn2)nc(C2CC2)n1. The van der Waals surface area contributed by atoms with Crippen molar-refractivity contribution in [1.82, 2.24) is 24.7 Å². The minimum Gasteiger partial charge on any atom is -0.370 e. The summed E-state index contributed by atoms with van der Waals surface area (Å²) in [6.45, 7) is 3.05. The van der Waals surface area contributed by atoms with Crippen molar-refractivity contribution in [1.29, 1.82) is 0 Å². The van der Waals surface area contributed by atoms with Crippen molar-refractivity contribution in [2.75, 3.05) is 11.9 Å². The first-order valence-corrected chi connectivity index (χ1v) is 6.34. The largest absolute Gasteiger partial charge is 0.370 e. The molecule has 1 N–H and O–H groups in total. The monoisotopic (exact) mass is 244 g/mol. The van der Waals surface area contributed by atoms with E-state index in [0.717, 1.165) is 30.4 Å². The highest BCUT2D eigenvalue weighted by Gasteiger charge is 2.27. The van der Waals surface area contributed by atoms with E-state index in [4.69, 9.17) is 0 Å². The van der Waals surface area contributed by atoms with Crippen LogP contribution in [0.1, 0.15) is 37.9 Å². The van der Waals surface area contributed by atoms with E-state index in [2.05, 4.69) is 32.3 Å². The summed E-state index contributed by atoms with van der Waals surface area (Å²) >= 11 is 0. The number of nitrogens with one attached hydrogen (secondary N) is 1. The first-order chi connectivity index (χ1) is 8.86. The maximum absolute atomic E-state index is 4.56. The summed E-state index contributed by atoms with van der Waals surface area (Å²) < 4.78 is 1.67. The molecule has 2 aromatic heterocycles. The molecule has 0 aromatic carbocycles. The fourth-order valence-electron chi connectivity index (χ4n) is 1.76. The standard InChI is InChI=1S/C12H16N6/c1-2-5-14-10-6-11(18-8-13-7-15-18)17-12(16-10)9-3-4-9/h6-9H,2-5H2,1H3,(H,14,16,17). The third-order valence-electron chi connectivity index (χ3n) is 2.88. The van der Waals surface area contributed by atoms with Gasteiger partial charge in [-0.1, -0.05) is 6.92 Å². The van der Waals surface area contributed by atoms with E-state index in [0.29, 0.717) is 5.92 Å². The number of hydrogen-bond acceptors (Lipinski definition) is 5. The first-order valence-electron chi connectivity index (χ1n) is 6.34. The molecular weight excluding hydrogens is 228 g/mol. The van der Waals surface area contributed by atoms with E-state index >= 15 is 0 Å². The summed E-state index contributed by atoms with van der Waals surface area (Å²) in [5.41, 5.74) is 0. The highest BCUT2D eigenvalue weighted by Crippen LogP contribution is 2.38. The fourth-order valence-corrected chi connectivity index (χ4v) is 1.76. The van der Waals surface area contributed by atoms with Crippen LogP contribution in [0.25, 0.3) is 5.82 Å². The molecule has 0 amide bonds. The summed E-state index contributed by atoms with van der Waals surface area (Å²) in [6.07, 6.45) is 6.62. The summed E-state index contributed by atoms with van der Waals surface area (Å²) in [6, 6.07) is 1.91. The van der Waals surface area contributed by atoms with Crippen LogP contribution in [-0.4, -0.2) is 31.3 Å². The van der Waals surface area contributed by atoms with Crippen molar-refractivity contribution in [3.8, 4) is 5.82 Å². The quantitative estimate of drug-likeness (QED) is 0.867. The Kier molecular flexibility index (Phi) is 2.92. The average molecular weight is 244 g/mol. The van der Waals surface area contributed by atoms with Gasteiger partial charge in [0.25, 0.3) is 0 Å². The average Bonchev–Trinajstić information content (AvgIpc) is 3.11. The van der Waals surface area contributed by atoms with E-state index in [1.807, 2.05) is 6.07 Å². The molecule has 1 aliphatic rings. The van der Waals surface area contributed by atoms with E-state index in [9.17, 15) is 0 Å². The molecule has 3 rings (SSSR count). The van der Waals surface area contributed by atoms with E-state index < -0.39 is 0 Å². The number of aromatic nitrogens is 5. The molecule has 1 saturated carbocycles. The first kappa shape index (κ1) is 11.1. The molecule has 0 bridgehead atoms. The minimum atomic E-state index is 0.524. The Morgan fingerprint density at radius 3 is 2.94 bits per heavy atom. The van der Waals surface area contributed by atoms with Gasteiger partial charge in [0.2, 0.25) is 0 Å². The second-order valence-corrected chi connectivity index (χ2v) is 4.51. The predicted octanol–water partition coefficient (Wildman–Crippen LogP) is 1.76. The van der Waals surface area contributed by atoms with Crippen molar-refractivity contribution < 1.29 is 0 Å². The van der Waals surface area contributed by atoms with E-state index in [1.54, 1.807) is 11.0 Å². The molecule has 94 valence electrons. The highest BCUT2D eigenvalue weighted by molar-refractivity contribution is 5.42. The molecule has 0 radical (unpaired) electrons. The predicted molar refractivity (Wildman–Crippen MR) is 67.7 cm³/mol. The van der Waals surface area contributed by atoms with Crippen molar-refractivity contribution in [3.63, 3.8) is 0 Å². The summed E-state index contributed by atoms with van der Waals surface area (Å²) in [5, 5.41) is 7.42. The zero-order valence-corrected chi connectivity index (χ0v) is 10.4. The molecule has 2 aromatic rings. The van der Waals surface area contributed by atoms with Crippen LogP contribution in [0.2, 0.25) is 0 Å². The lowest BCUT2D eigenvalue weighted by molar-refractivity contribution is 0.807. The Morgan fingerprint density at radius 2 is 2.28 bits per heavy atom. The Bertz CT molecular complexity index is 517. The molecule has 0 unspecified atom stereocenters. The maximum Gasteiger partial charge on any atom is 0.161 e. The van der Waals surface area contributed by atoms with Gasteiger partial charge in [-0.2, -0.15) is 5.10 Å². The van der Waals surface area contributed by atoms with Crippen molar-refractivity contribution in [3.05, 3.63) is 24.5 Å². The Labute approximate surface area is 105 Å². The molecule has 0 atom stereocenters. The second kappa shape index (κ2) is 4.72. The van der Waals surface area contributed by atoms with Crippen LogP contribution in [0.4, 0.5) is 5.82 Å². The molecule has 18 heavy (non-hydrogen) atoms. The van der Waals surface area contributed by atoms with Crippen LogP contribution in [0.15, 0.2) is 18.7 Å². The van der Waals surface area contributed by atoms with Gasteiger partial charge in [-0.15, -0.1) is 0 Å². The van der Waals surface area contributed by atoms with E-state index in [-0.39, 0.29) is 0 Å². The van der Waals surface area contributed by atoms with Crippen molar-refractivity contribution >= 4 is 5.82 Å². The zero-order valence-electron chi connectivity index (χ0n) is 10.4. The van der Waals surface area contributed by atoms with Crippen LogP contribution in [0.5, 0.6) is 0 Å². The number of anilines is 1. The number of rotatable bonds is 5. The smallest absolute Gasteiger partial charge is 0.161 e. The molecule has 1 aliphatic carbocycles. The van der Waals surface area contributed by atoms with Crippen molar-refractivity contribution in [2.24, 2.45) is 0 Å². The van der Waals surface area contributed by atoms with Gasteiger partial charge in [0.05, 0.1) is 0 Å². The van der Waals surface area contributed by atoms with Gasteiger partial charge in [0.15, 0.2) is 5.82 Å². The Morgan fingerprint density at radius 1 is 1.39 bits per heavy atom. The number of hydrogen-bond donors (Lipinski definition) is 1. The third kappa shape index (κ3) is 2.32. The number of nitrogens with zero attached hydrogens (tertiary/aromatic N) is 5. The molecule has 2 heterocycles. The van der Waals surface area contributed by atoms with Gasteiger partial charge in [0, 0.05) is 18.5 Å². The van der Waals surface area contributed by atoms with Gasteiger partial charge in [-0.25, -0.2) is 19.6 Å². The second-order valence-electron chi connectivity index (χ2n) is 4.51. The molecule has 6 heteroatoms. The van der Waals surface area contributed by atoms with Crippen LogP contribution >= 0.6 is 0 Å². The Balaban J connectivity index is 1.94. The molecule has 6 nitrogen and oxygen atoms in total. The van der Waals surface area contributed by atoms with Gasteiger partial charge in [-0.05, 0) is 19.3 Å². The molecule has 0 saturated heterocycles. The van der Waals surface area contributed by atoms with Gasteiger partial charge >= 0.3 is 0 Å². The fraction of sp³-hybridized carbons (Fsp3) is 0.500. The molecule has 0 spiro atoms. The molecule has 1 fully saturated rings. The summed E-state index contributed by atoms with van der Waals surface area (Å²) in [7, 11) is 0.